The van der Waals surface area contributed by atoms with Gasteiger partial charge in [-0.1, -0.05) is 19.1 Å². The number of aliphatic imine (C=N–C) groups is 1. The standard InChI is InChI=1S/C20H32N4O3.HI/c1-4-19(25)24-11-9-17(14-24)23-20(21-5-2)22-10-12-27-15-16-7-6-8-18(13-16)26-3;/h6-8,13,17H,4-5,9-12,14-15H2,1-3H3,(H2,21,22,23);1H. The van der Waals surface area contributed by atoms with E-state index in [2.05, 4.69) is 15.6 Å². The Morgan fingerprint density at radius 2 is 2.18 bits per heavy atom. The number of amides is 1. The molecule has 1 fully saturated rings. The fourth-order valence-electron chi connectivity index (χ4n) is 3.02. The van der Waals surface area contributed by atoms with E-state index in [9.17, 15) is 4.79 Å². The van der Waals surface area contributed by atoms with Gasteiger partial charge in [-0.2, -0.15) is 0 Å². The highest BCUT2D eigenvalue weighted by molar-refractivity contribution is 14.0. The van der Waals surface area contributed by atoms with Crippen LogP contribution >= 0.6 is 24.0 Å². The molecule has 1 aromatic carbocycles. The maximum absolute atomic E-state index is 11.8. The van der Waals surface area contributed by atoms with Gasteiger partial charge in [-0.25, -0.2) is 0 Å². The van der Waals surface area contributed by atoms with E-state index in [0.717, 1.165) is 43.3 Å². The third-order valence-corrected chi connectivity index (χ3v) is 4.44. The first-order valence-corrected chi connectivity index (χ1v) is 9.69. The van der Waals surface area contributed by atoms with E-state index < -0.39 is 0 Å². The van der Waals surface area contributed by atoms with E-state index in [0.29, 0.717) is 26.2 Å². The van der Waals surface area contributed by atoms with Crippen molar-refractivity contribution in [1.82, 2.24) is 15.5 Å². The van der Waals surface area contributed by atoms with Gasteiger partial charge in [0.1, 0.15) is 5.75 Å². The fraction of sp³-hybridized carbons (Fsp3) is 0.600. The third kappa shape index (κ3) is 8.22. The molecule has 1 heterocycles. The van der Waals surface area contributed by atoms with E-state index >= 15 is 0 Å². The van der Waals surface area contributed by atoms with Crippen LogP contribution in [0.5, 0.6) is 5.75 Å². The average Bonchev–Trinajstić information content (AvgIpc) is 3.16. The summed E-state index contributed by atoms with van der Waals surface area (Å²) in [5.41, 5.74) is 1.08. The molecule has 7 nitrogen and oxygen atoms in total. The van der Waals surface area contributed by atoms with Crippen LogP contribution in [0.25, 0.3) is 0 Å². The van der Waals surface area contributed by atoms with Crippen LogP contribution in [0.2, 0.25) is 0 Å². The van der Waals surface area contributed by atoms with Crippen LogP contribution in [-0.4, -0.2) is 62.7 Å². The lowest BCUT2D eigenvalue weighted by atomic mass is 10.2. The van der Waals surface area contributed by atoms with Gasteiger partial charge >= 0.3 is 0 Å². The molecule has 2 rings (SSSR count). The molecule has 28 heavy (non-hydrogen) atoms. The Hall–Kier alpha value is -1.55. The average molecular weight is 504 g/mol. The highest BCUT2D eigenvalue weighted by atomic mass is 127. The van der Waals surface area contributed by atoms with Crippen molar-refractivity contribution in [2.24, 2.45) is 4.99 Å². The van der Waals surface area contributed by atoms with Crippen LogP contribution in [0.15, 0.2) is 29.3 Å². The van der Waals surface area contributed by atoms with Crippen LogP contribution < -0.4 is 15.4 Å². The highest BCUT2D eigenvalue weighted by Crippen LogP contribution is 2.13. The number of methoxy groups -OCH3 is 1. The zero-order valence-electron chi connectivity index (χ0n) is 17.1. The molecule has 0 aromatic heterocycles. The van der Waals surface area contributed by atoms with Gasteiger partial charge in [0.25, 0.3) is 0 Å². The topological polar surface area (TPSA) is 75.2 Å². The van der Waals surface area contributed by atoms with Gasteiger partial charge in [-0.05, 0) is 31.0 Å². The molecule has 1 saturated heterocycles. The number of ether oxygens (including phenoxy) is 2. The van der Waals surface area contributed by atoms with Crippen molar-refractivity contribution in [2.75, 3.05) is 39.9 Å². The summed E-state index contributed by atoms with van der Waals surface area (Å²) < 4.78 is 10.9. The Labute approximate surface area is 185 Å². The largest absolute Gasteiger partial charge is 0.497 e. The summed E-state index contributed by atoms with van der Waals surface area (Å²) in [6.45, 7) is 7.94. The quantitative estimate of drug-likeness (QED) is 0.234. The lowest BCUT2D eigenvalue weighted by Crippen LogP contribution is -2.45. The Bertz CT molecular complexity index is 627. The van der Waals surface area contributed by atoms with Crippen LogP contribution in [0.4, 0.5) is 0 Å². The van der Waals surface area contributed by atoms with Crippen LogP contribution in [0.3, 0.4) is 0 Å². The van der Waals surface area contributed by atoms with E-state index in [1.807, 2.05) is 43.0 Å². The van der Waals surface area contributed by atoms with Gasteiger partial charge in [-0.15, -0.1) is 24.0 Å². The zero-order chi connectivity index (χ0) is 19.5. The van der Waals surface area contributed by atoms with Gasteiger partial charge in [0.15, 0.2) is 5.96 Å². The first-order chi connectivity index (χ1) is 13.2. The maximum atomic E-state index is 11.8. The molecule has 0 spiro atoms. The van der Waals surface area contributed by atoms with Crippen molar-refractivity contribution < 1.29 is 14.3 Å². The molecule has 1 aliphatic heterocycles. The lowest BCUT2D eigenvalue weighted by Gasteiger charge is -2.18. The number of likely N-dealkylation sites (tertiary alicyclic amines) is 1. The second-order valence-electron chi connectivity index (χ2n) is 6.49. The molecule has 1 amide bonds. The van der Waals surface area contributed by atoms with Crippen molar-refractivity contribution in [3.8, 4) is 5.75 Å². The van der Waals surface area contributed by atoms with E-state index in [4.69, 9.17) is 9.47 Å². The molecule has 0 bridgehead atoms. The number of carbonyl (C=O) groups is 1. The second-order valence-corrected chi connectivity index (χ2v) is 6.49. The fourth-order valence-corrected chi connectivity index (χ4v) is 3.02. The molecule has 2 N–H and O–H groups in total. The zero-order valence-corrected chi connectivity index (χ0v) is 19.4. The molecule has 0 radical (unpaired) electrons. The summed E-state index contributed by atoms with van der Waals surface area (Å²) in [7, 11) is 1.66. The first-order valence-electron chi connectivity index (χ1n) is 9.69. The number of nitrogens with zero attached hydrogens (tertiary/aromatic N) is 2. The Balaban J connectivity index is 0.00000392. The summed E-state index contributed by atoms with van der Waals surface area (Å²) in [6, 6.07) is 8.10. The van der Waals surface area contributed by atoms with Gasteiger partial charge < -0.3 is 25.0 Å². The summed E-state index contributed by atoms with van der Waals surface area (Å²) >= 11 is 0. The number of nitrogens with one attached hydrogen (secondary N) is 2. The molecule has 1 atom stereocenters. The van der Waals surface area contributed by atoms with Crippen LogP contribution in [0.1, 0.15) is 32.3 Å². The predicted molar refractivity (Wildman–Crippen MR) is 122 cm³/mol. The summed E-state index contributed by atoms with van der Waals surface area (Å²) in [5, 5.41) is 6.68. The summed E-state index contributed by atoms with van der Waals surface area (Å²) in [4.78, 5) is 18.3. The summed E-state index contributed by atoms with van der Waals surface area (Å²) in [5.74, 6) is 1.82. The maximum Gasteiger partial charge on any atom is 0.222 e. The van der Waals surface area contributed by atoms with Gasteiger partial charge in [0.05, 0.1) is 26.9 Å². The second kappa shape index (κ2) is 13.6. The van der Waals surface area contributed by atoms with E-state index in [1.165, 1.54) is 0 Å². The lowest BCUT2D eigenvalue weighted by molar-refractivity contribution is -0.129. The molecule has 0 aliphatic carbocycles. The van der Waals surface area contributed by atoms with Crippen molar-refractivity contribution >= 4 is 35.8 Å². The molecule has 158 valence electrons. The van der Waals surface area contributed by atoms with Crippen molar-refractivity contribution in [3.63, 3.8) is 0 Å². The molecule has 1 aliphatic rings. The monoisotopic (exact) mass is 504 g/mol. The van der Waals surface area contributed by atoms with E-state index in [-0.39, 0.29) is 35.9 Å². The predicted octanol–water partition coefficient (Wildman–Crippen LogP) is 2.40. The van der Waals surface area contributed by atoms with Crippen molar-refractivity contribution in [1.29, 1.82) is 0 Å². The normalized spacial score (nSPS) is 16.5. The van der Waals surface area contributed by atoms with Gasteiger partial charge in [-0.3, -0.25) is 9.79 Å². The smallest absolute Gasteiger partial charge is 0.222 e. The highest BCUT2D eigenvalue weighted by Gasteiger charge is 2.25. The first kappa shape index (κ1) is 24.5. The number of guanidine groups is 1. The number of halogens is 1. The SMILES string of the molecule is CCNC(=NCCOCc1cccc(OC)c1)NC1CCN(C(=O)CC)C1.I. The number of carbonyl (C=O) groups excluding carboxylic acids is 1. The molecule has 0 saturated carbocycles. The Morgan fingerprint density at radius 1 is 1.36 bits per heavy atom. The molecule has 8 heteroatoms. The molecule has 1 aromatic rings. The van der Waals surface area contributed by atoms with Crippen LogP contribution in [-0.2, 0) is 16.1 Å². The number of hydrogen-bond acceptors (Lipinski definition) is 4. The number of benzene rings is 1. The third-order valence-electron chi connectivity index (χ3n) is 4.44. The Morgan fingerprint density at radius 3 is 2.89 bits per heavy atom. The van der Waals surface area contributed by atoms with E-state index in [1.54, 1.807) is 7.11 Å². The minimum atomic E-state index is 0. The molecule has 1 unspecified atom stereocenters. The minimum absolute atomic E-state index is 0. The Kier molecular flexibility index (Phi) is 11.9. The molecular formula is C20H33IN4O3. The number of hydrogen-bond donors (Lipinski definition) is 2. The molecular weight excluding hydrogens is 471 g/mol. The van der Waals surface area contributed by atoms with Gasteiger partial charge in [0, 0.05) is 32.1 Å². The minimum Gasteiger partial charge on any atom is -0.497 e. The van der Waals surface area contributed by atoms with Crippen molar-refractivity contribution in [3.05, 3.63) is 29.8 Å². The number of rotatable bonds is 9. The summed E-state index contributed by atoms with van der Waals surface area (Å²) in [6.07, 6.45) is 1.51. The van der Waals surface area contributed by atoms with Crippen LogP contribution in [0, 0.1) is 0 Å². The van der Waals surface area contributed by atoms with Gasteiger partial charge in [0.2, 0.25) is 5.91 Å². The van der Waals surface area contributed by atoms with Crippen molar-refractivity contribution in [2.45, 2.75) is 39.3 Å².